The van der Waals surface area contributed by atoms with E-state index in [9.17, 15) is 4.79 Å². The monoisotopic (exact) mass is 403 g/mol. The number of amides is 1. The number of nitrogens with one attached hydrogen (secondary N) is 2. The summed E-state index contributed by atoms with van der Waals surface area (Å²) in [5.74, 6) is 0.0394. The van der Waals surface area contributed by atoms with Gasteiger partial charge in [-0.15, -0.1) is 24.8 Å². The highest BCUT2D eigenvalue weighted by molar-refractivity contribution is 5.94. The van der Waals surface area contributed by atoms with Gasteiger partial charge in [0.05, 0.1) is 0 Å². The molecule has 1 aliphatic rings. The Bertz CT molecular complexity index is 528. The summed E-state index contributed by atoms with van der Waals surface area (Å²) in [6, 6.07) is 8.58. The molecule has 4 nitrogen and oxygen atoms in total. The van der Waals surface area contributed by atoms with Gasteiger partial charge in [-0.05, 0) is 69.4 Å². The van der Waals surface area contributed by atoms with E-state index in [4.69, 9.17) is 0 Å². The molecule has 1 aromatic rings. The van der Waals surface area contributed by atoms with Crippen molar-refractivity contribution >= 4 is 30.7 Å². The first kappa shape index (κ1) is 25.2. The third kappa shape index (κ3) is 7.43. The third-order valence-electron chi connectivity index (χ3n) is 5.22. The first-order valence-corrected chi connectivity index (χ1v) is 9.25. The zero-order valence-corrected chi connectivity index (χ0v) is 18.1. The van der Waals surface area contributed by atoms with E-state index >= 15 is 0 Å². The SMILES string of the molecule is CCN(Cc1ccc(C(=O)NCC2(C)CCNCC2)cc1)C(C)C.Cl.Cl. The Morgan fingerprint density at radius 1 is 1.19 bits per heavy atom. The molecule has 0 atom stereocenters. The third-order valence-corrected chi connectivity index (χ3v) is 5.22. The number of piperidine rings is 1. The molecule has 1 aliphatic heterocycles. The number of hydrogen-bond donors (Lipinski definition) is 2. The second kappa shape index (κ2) is 11.8. The average Bonchev–Trinajstić information content (AvgIpc) is 2.58. The standard InChI is InChI=1S/C20H33N3O.2ClH/c1-5-23(16(2)3)14-17-6-8-18(9-7-17)19(24)22-15-20(4)10-12-21-13-11-20;;/h6-9,16,21H,5,10-15H2,1-4H3,(H,22,24);2*1H. The van der Waals surface area contributed by atoms with Crippen molar-refractivity contribution in [1.82, 2.24) is 15.5 Å². The lowest BCUT2D eigenvalue weighted by Gasteiger charge is -2.34. The highest BCUT2D eigenvalue weighted by Crippen LogP contribution is 2.26. The molecule has 1 fully saturated rings. The van der Waals surface area contributed by atoms with Crippen LogP contribution in [0.4, 0.5) is 0 Å². The molecule has 0 aromatic heterocycles. The summed E-state index contributed by atoms with van der Waals surface area (Å²) < 4.78 is 0. The van der Waals surface area contributed by atoms with Gasteiger partial charge in [0.15, 0.2) is 0 Å². The maximum atomic E-state index is 12.4. The quantitative estimate of drug-likeness (QED) is 0.725. The van der Waals surface area contributed by atoms with Crippen LogP contribution in [-0.4, -0.2) is 43.0 Å². The van der Waals surface area contributed by atoms with Crippen molar-refractivity contribution in [2.45, 2.75) is 53.1 Å². The maximum absolute atomic E-state index is 12.4. The van der Waals surface area contributed by atoms with E-state index in [0.29, 0.717) is 6.04 Å². The van der Waals surface area contributed by atoms with E-state index in [0.717, 1.165) is 51.1 Å². The van der Waals surface area contributed by atoms with Crippen LogP contribution in [0.15, 0.2) is 24.3 Å². The lowest BCUT2D eigenvalue weighted by molar-refractivity contribution is 0.0922. The minimum Gasteiger partial charge on any atom is -0.351 e. The van der Waals surface area contributed by atoms with Gasteiger partial charge in [-0.25, -0.2) is 0 Å². The Balaban J connectivity index is 0.00000312. The summed E-state index contributed by atoms with van der Waals surface area (Å²) >= 11 is 0. The molecule has 0 aliphatic carbocycles. The molecule has 0 radical (unpaired) electrons. The van der Waals surface area contributed by atoms with Crippen LogP contribution in [0, 0.1) is 5.41 Å². The molecule has 0 unspecified atom stereocenters. The fourth-order valence-corrected chi connectivity index (χ4v) is 3.26. The minimum absolute atomic E-state index is 0. The van der Waals surface area contributed by atoms with Crippen molar-refractivity contribution in [1.29, 1.82) is 0 Å². The molecule has 1 aromatic carbocycles. The fraction of sp³-hybridized carbons (Fsp3) is 0.650. The Hall–Kier alpha value is -0.810. The van der Waals surface area contributed by atoms with Gasteiger partial charge in [-0.2, -0.15) is 0 Å². The van der Waals surface area contributed by atoms with Crippen LogP contribution in [0.1, 0.15) is 56.5 Å². The zero-order valence-electron chi connectivity index (χ0n) is 16.5. The summed E-state index contributed by atoms with van der Waals surface area (Å²) in [7, 11) is 0. The van der Waals surface area contributed by atoms with Crippen LogP contribution in [0.2, 0.25) is 0 Å². The Morgan fingerprint density at radius 3 is 2.27 bits per heavy atom. The van der Waals surface area contributed by atoms with Crippen molar-refractivity contribution in [3.8, 4) is 0 Å². The lowest BCUT2D eigenvalue weighted by Crippen LogP contribution is -2.42. The average molecular weight is 404 g/mol. The first-order chi connectivity index (χ1) is 11.4. The second-order valence-electron chi connectivity index (χ2n) is 7.60. The Labute approximate surface area is 171 Å². The first-order valence-electron chi connectivity index (χ1n) is 9.25. The Kier molecular flexibility index (Phi) is 11.4. The predicted octanol–water partition coefficient (Wildman–Crippen LogP) is 3.88. The van der Waals surface area contributed by atoms with Gasteiger partial charge in [-0.3, -0.25) is 9.69 Å². The van der Waals surface area contributed by atoms with Crippen LogP contribution in [0.25, 0.3) is 0 Å². The van der Waals surface area contributed by atoms with E-state index < -0.39 is 0 Å². The van der Waals surface area contributed by atoms with Crippen LogP contribution >= 0.6 is 24.8 Å². The highest BCUT2D eigenvalue weighted by atomic mass is 35.5. The second-order valence-corrected chi connectivity index (χ2v) is 7.60. The summed E-state index contributed by atoms with van der Waals surface area (Å²) in [5.41, 5.74) is 2.23. The molecule has 26 heavy (non-hydrogen) atoms. The summed E-state index contributed by atoms with van der Waals surface area (Å²) in [5, 5.41) is 6.50. The number of benzene rings is 1. The highest BCUT2D eigenvalue weighted by Gasteiger charge is 2.27. The van der Waals surface area contributed by atoms with E-state index in [-0.39, 0.29) is 36.1 Å². The van der Waals surface area contributed by atoms with Gasteiger partial charge >= 0.3 is 0 Å². The van der Waals surface area contributed by atoms with Gasteiger partial charge in [0.2, 0.25) is 0 Å². The number of carbonyl (C=O) groups excluding carboxylic acids is 1. The van der Waals surface area contributed by atoms with Crippen molar-refractivity contribution in [2.75, 3.05) is 26.2 Å². The van der Waals surface area contributed by atoms with Crippen molar-refractivity contribution in [3.63, 3.8) is 0 Å². The summed E-state index contributed by atoms with van der Waals surface area (Å²) in [6.07, 6.45) is 2.24. The molecule has 0 saturated carbocycles. The number of halogens is 2. The van der Waals surface area contributed by atoms with Gasteiger partial charge in [0.1, 0.15) is 0 Å². The molecule has 1 heterocycles. The molecule has 2 rings (SSSR count). The van der Waals surface area contributed by atoms with E-state index in [1.165, 1.54) is 5.56 Å². The smallest absolute Gasteiger partial charge is 0.251 e. The van der Waals surface area contributed by atoms with E-state index in [1.54, 1.807) is 0 Å². The minimum atomic E-state index is 0. The largest absolute Gasteiger partial charge is 0.351 e. The number of hydrogen-bond acceptors (Lipinski definition) is 3. The van der Waals surface area contributed by atoms with Crippen LogP contribution in [0.3, 0.4) is 0 Å². The molecule has 6 heteroatoms. The number of nitrogens with zero attached hydrogens (tertiary/aromatic N) is 1. The normalized spacial score (nSPS) is 15.9. The molecular weight excluding hydrogens is 369 g/mol. The van der Waals surface area contributed by atoms with Crippen molar-refractivity contribution in [2.24, 2.45) is 5.41 Å². The molecule has 0 bridgehead atoms. The fourth-order valence-electron chi connectivity index (χ4n) is 3.26. The van der Waals surface area contributed by atoms with Gasteiger partial charge in [0, 0.05) is 24.7 Å². The number of carbonyl (C=O) groups is 1. The zero-order chi connectivity index (χ0) is 17.6. The predicted molar refractivity (Wildman–Crippen MR) is 115 cm³/mol. The van der Waals surface area contributed by atoms with Gasteiger partial charge in [0.25, 0.3) is 5.91 Å². The van der Waals surface area contributed by atoms with Gasteiger partial charge in [-0.1, -0.05) is 26.0 Å². The van der Waals surface area contributed by atoms with E-state index in [2.05, 4.69) is 55.4 Å². The molecule has 1 amide bonds. The van der Waals surface area contributed by atoms with Gasteiger partial charge < -0.3 is 10.6 Å². The molecule has 0 spiro atoms. The summed E-state index contributed by atoms with van der Waals surface area (Å²) in [6.45, 7) is 13.7. The number of rotatable bonds is 7. The van der Waals surface area contributed by atoms with Crippen molar-refractivity contribution < 1.29 is 4.79 Å². The van der Waals surface area contributed by atoms with Crippen LogP contribution in [0.5, 0.6) is 0 Å². The summed E-state index contributed by atoms with van der Waals surface area (Å²) in [4.78, 5) is 14.8. The van der Waals surface area contributed by atoms with Crippen molar-refractivity contribution in [3.05, 3.63) is 35.4 Å². The Morgan fingerprint density at radius 2 is 1.77 bits per heavy atom. The lowest BCUT2D eigenvalue weighted by atomic mass is 9.81. The van der Waals surface area contributed by atoms with Crippen LogP contribution in [-0.2, 0) is 6.54 Å². The molecule has 2 N–H and O–H groups in total. The van der Waals surface area contributed by atoms with E-state index in [1.807, 2.05) is 12.1 Å². The molecular formula is C20H35Cl2N3O. The molecule has 150 valence electrons. The topological polar surface area (TPSA) is 44.4 Å². The molecule has 1 saturated heterocycles. The maximum Gasteiger partial charge on any atom is 0.251 e. The van der Waals surface area contributed by atoms with Crippen LogP contribution < -0.4 is 10.6 Å².